The van der Waals surface area contributed by atoms with Gasteiger partial charge in [-0.25, -0.2) is 0 Å². The first-order chi connectivity index (χ1) is 8.42. The monoisotopic (exact) mass is 232 g/mol. The van der Waals surface area contributed by atoms with E-state index in [1.165, 1.54) is 29.7 Å². The topological polar surface area (TPSA) is 33.3 Å². The molecule has 1 aromatic carbocycles. The van der Waals surface area contributed by atoms with E-state index in [2.05, 4.69) is 28.8 Å². The lowest BCUT2D eigenvalue weighted by Gasteiger charge is -2.10. The van der Waals surface area contributed by atoms with Crippen molar-refractivity contribution in [2.75, 3.05) is 31.6 Å². The van der Waals surface area contributed by atoms with Crippen molar-refractivity contribution in [3.8, 4) is 0 Å². The quantitative estimate of drug-likeness (QED) is 0.830. The maximum absolute atomic E-state index is 5.37. The molecule has 1 fully saturated rings. The first kappa shape index (κ1) is 11.1. The summed E-state index contributed by atoms with van der Waals surface area (Å²) in [6.45, 7) is 5.00. The lowest BCUT2D eigenvalue weighted by Crippen LogP contribution is -2.22. The Morgan fingerprint density at radius 2 is 2.41 bits per heavy atom. The van der Waals surface area contributed by atoms with Crippen molar-refractivity contribution in [1.82, 2.24) is 5.32 Å². The average Bonchev–Trinajstić information content (AvgIpc) is 2.98. The number of nitrogens with one attached hydrogen (secondary N) is 2. The van der Waals surface area contributed by atoms with Crippen LogP contribution in [-0.2, 0) is 17.7 Å². The van der Waals surface area contributed by atoms with Crippen LogP contribution in [0.4, 0.5) is 5.69 Å². The summed E-state index contributed by atoms with van der Waals surface area (Å²) >= 11 is 0. The van der Waals surface area contributed by atoms with Crippen LogP contribution in [0.1, 0.15) is 17.5 Å². The summed E-state index contributed by atoms with van der Waals surface area (Å²) < 4.78 is 5.37. The number of ether oxygens (including phenoxy) is 1. The third kappa shape index (κ3) is 2.61. The van der Waals surface area contributed by atoms with Gasteiger partial charge in [-0.05, 0) is 36.0 Å². The maximum Gasteiger partial charge on any atom is 0.0507 e. The van der Waals surface area contributed by atoms with Crippen molar-refractivity contribution in [3.63, 3.8) is 0 Å². The Hall–Kier alpha value is -1.06. The van der Waals surface area contributed by atoms with E-state index in [-0.39, 0.29) is 0 Å². The van der Waals surface area contributed by atoms with Gasteiger partial charge in [-0.3, -0.25) is 0 Å². The molecule has 0 aliphatic carbocycles. The molecule has 2 aliphatic heterocycles. The fourth-order valence-electron chi connectivity index (χ4n) is 2.61. The second-order valence-corrected chi connectivity index (χ2v) is 5.03. The maximum atomic E-state index is 5.37. The second-order valence-electron chi connectivity index (χ2n) is 5.03. The molecule has 1 aromatic rings. The van der Waals surface area contributed by atoms with Crippen molar-refractivity contribution in [2.24, 2.45) is 5.92 Å². The van der Waals surface area contributed by atoms with E-state index in [4.69, 9.17) is 4.74 Å². The molecule has 92 valence electrons. The first-order valence-electron chi connectivity index (χ1n) is 6.56. The van der Waals surface area contributed by atoms with E-state index in [0.717, 1.165) is 32.8 Å². The molecule has 0 aromatic heterocycles. The predicted molar refractivity (Wildman–Crippen MR) is 69.3 cm³/mol. The average molecular weight is 232 g/mol. The van der Waals surface area contributed by atoms with E-state index >= 15 is 0 Å². The lowest BCUT2D eigenvalue weighted by molar-refractivity contribution is 0.185. The molecule has 2 aliphatic rings. The van der Waals surface area contributed by atoms with Crippen LogP contribution >= 0.6 is 0 Å². The second kappa shape index (κ2) is 5.07. The number of hydrogen-bond acceptors (Lipinski definition) is 3. The first-order valence-corrected chi connectivity index (χ1v) is 6.56. The SMILES string of the molecule is c1cc2c(cc1CNCC1CCOC1)NCC2. The highest BCUT2D eigenvalue weighted by atomic mass is 16.5. The fraction of sp³-hybridized carbons (Fsp3) is 0.571. The lowest BCUT2D eigenvalue weighted by atomic mass is 10.1. The van der Waals surface area contributed by atoms with E-state index in [1.54, 1.807) is 0 Å². The summed E-state index contributed by atoms with van der Waals surface area (Å²) in [5.74, 6) is 0.711. The summed E-state index contributed by atoms with van der Waals surface area (Å²) in [6.07, 6.45) is 2.38. The van der Waals surface area contributed by atoms with Gasteiger partial charge in [0.1, 0.15) is 0 Å². The van der Waals surface area contributed by atoms with Crippen LogP contribution in [0.5, 0.6) is 0 Å². The fourth-order valence-corrected chi connectivity index (χ4v) is 2.61. The number of fused-ring (bicyclic) bond motifs is 1. The molecule has 3 nitrogen and oxygen atoms in total. The van der Waals surface area contributed by atoms with Crippen LogP contribution < -0.4 is 10.6 Å². The Morgan fingerprint density at radius 1 is 1.41 bits per heavy atom. The van der Waals surface area contributed by atoms with Crippen LogP contribution in [0.15, 0.2) is 18.2 Å². The third-order valence-corrected chi connectivity index (χ3v) is 3.67. The molecule has 3 rings (SSSR count). The summed E-state index contributed by atoms with van der Waals surface area (Å²) in [7, 11) is 0. The van der Waals surface area contributed by atoms with Gasteiger partial charge in [-0.15, -0.1) is 0 Å². The van der Waals surface area contributed by atoms with Crippen LogP contribution in [0, 0.1) is 5.92 Å². The molecule has 3 heteroatoms. The minimum absolute atomic E-state index is 0.711. The minimum Gasteiger partial charge on any atom is -0.384 e. The molecule has 1 saturated heterocycles. The van der Waals surface area contributed by atoms with Gasteiger partial charge in [0.05, 0.1) is 6.61 Å². The molecule has 0 bridgehead atoms. The zero-order chi connectivity index (χ0) is 11.5. The number of benzene rings is 1. The largest absolute Gasteiger partial charge is 0.384 e. The normalized spacial score (nSPS) is 22.5. The van der Waals surface area contributed by atoms with Crippen LogP contribution in [0.25, 0.3) is 0 Å². The zero-order valence-electron chi connectivity index (χ0n) is 10.2. The minimum atomic E-state index is 0.711. The van der Waals surface area contributed by atoms with Gasteiger partial charge in [-0.1, -0.05) is 12.1 Å². The standard InChI is InChI=1S/C14H20N2O/c1-2-13-3-5-16-14(13)7-11(1)8-15-9-12-4-6-17-10-12/h1-2,7,12,15-16H,3-6,8-10H2. The van der Waals surface area contributed by atoms with Gasteiger partial charge in [0, 0.05) is 31.9 Å². The molecule has 0 amide bonds. The molecule has 0 saturated carbocycles. The van der Waals surface area contributed by atoms with Gasteiger partial charge >= 0.3 is 0 Å². The summed E-state index contributed by atoms with van der Waals surface area (Å²) in [5.41, 5.74) is 4.16. The molecule has 2 N–H and O–H groups in total. The van der Waals surface area contributed by atoms with Gasteiger partial charge < -0.3 is 15.4 Å². The number of rotatable bonds is 4. The number of hydrogen-bond donors (Lipinski definition) is 2. The Balaban J connectivity index is 1.51. The zero-order valence-corrected chi connectivity index (χ0v) is 10.2. The Morgan fingerprint density at radius 3 is 3.29 bits per heavy atom. The van der Waals surface area contributed by atoms with Gasteiger partial charge in [0.25, 0.3) is 0 Å². The Labute approximate surface area is 103 Å². The third-order valence-electron chi connectivity index (χ3n) is 3.67. The molecule has 2 heterocycles. The Kier molecular flexibility index (Phi) is 3.29. The van der Waals surface area contributed by atoms with E-state index < -0.39 is 0 Å². The smallest absolute Gasteiger partial charge is 0.0507 e. The van der Waals surface area contributed by atoms with Crippen molar-refractivity contribution in [1.29, 1.82) is 0 Å². The molecule has 1 unspecified atom stereocenters. The molecule has 0 radical (unpaired) electrons. The highest BCUT2D eigenvalue weighted by Crippen LogP contribution is 2.23. The van der Waals surface area contributed by atoms with Crippen molar-refractivity contribution in [3.05, 3.63) is 29.3 Å². The van der Waals surface area contributed by atoms with Crippen molar-refractivity contribution >= 4 is 5.69 Å². The van der Waals surface area contributed by atoms with Crippen LogP contribution in [0.2, 0.25) is 0 Å². The van der Waals surface area contributed by atoms with Gasteiger partial charge in [-0.2, -0.15) is 0 Å². The van der Waals surface area contributed by atoms with Crippen LogP contribution in [0.3, 0.4) is 0 Å². The van der Waals surface area contributed by atoms with E-state index in [9.17, 15) is 0 Å². The molecular weight excluding hydrogens is 212 g/mol. The van der Waals surface area contributed by atoms with E-state index in [0.29, 0.717) is 5.92 Å². The molecule has 1 atom stereocenters. The summed E-state index contributed by atoms with van der Waals surface area (Å²) in [5, 5.41) is 6.95. The summed E-state index contributed by atoms with van der Waals surface area (Å²) in [6, 6.07) is 6.77. The summed E-state index contributed by atoms with van der Waals surface area (Å²) in [4.78, 5) is 0. The molecular formula is C14H20N2O. The van der Waals surface area contributed by atoms with Gasteiger partial charge in [0.15, 0.2) is 0 Å². The molecule has 17 heavy (non-hydrogen) atoms. The predicted octanol–water partition coefficient (Wildman–Crippen LogP) is 1.78. The Bertz CT molecular complexity index is 386. The van der Waals surface area contributed by atoms with Gasteiger partial charge in [0.2, 0.25) is 0 Å². The highest BCUT2D eigenvalue weighted by Gasteiger charge is 2.15. The molecule has 0 spiro atoms. The van der Waals surface area contributed by atoms with Crippen LogP contribution in [-0.4, -0.2) is 26.3 Å². The van der Waals surface area contributed by atoms with E-state index in [1.807, 2.05) is 0 Å². The highest BCUT2D eigenvalue weighted by molar-refractivity contribution is 5.56. The number of anilines is 1. The van der Waals surface area contributed by atoms with Crippen molar-refractivity contribution in [2.45, 2.75) is 19.4 Å². The van der Waals surface area contributed by atoms with Crippen molar-refractivity contribution < 1.29 is 4.74 Å².